The van der Waals surface area contributed by atoms with Crippen molar-refractivity contribution >= 4 is 0 Å². The lowest BCUT2D eigenvalue weighted by Crippen LogP contribution is -2.15. The highest BCUT2D eigenvalue weighted by molar-refractivity contribution is 5.33. The number of aromatic nitrogens is 2. The summed E-state index contributed by atoms with van der Waals surface area (Å²) in [6.45, 7) is 8.21. The third kappa shape index (κ3) is 2.62. The van der Waals surface area contributed by atoms with Crippen LogP contribution >= 0.6 is 0 Å². The average Bonchev–Trinajstić information content (AvgIpc) is 2.65. The molecule has 0 saturated carbocycles. The van der Waals surface area contributed by atoms with E-state index in [1.807, 2.05) is 17.9 Å². The van der Waals surface area contributed by atoms with Gasteiger partial charge in [-0.2, -0.15) is 5.10 Å². The van der Waals surface area contributed by atoms with Gasteiger partial charge in [0.25, 0.3) is 0 Å². The molecule has 0 aliphatic carbocycles. The Balaban J connectivity index is 1.99. The molecule has 0 aliphatic heterocycles. The highest BCUT2D eigenvalue weighted by Crippen LogP contribution is 2.13. The van der Waals surface area contributed by atoms with Crippen molar-refractivity contribution in [3.05, 3.63) is 52.3 Å². The normalized spacial score (nSPS) is 10.9. The van der Waals surface area contributed by atoms with E-state index in [9.17, 15) is 0 Å². The summed E-state index contributed by atoms with van der Waals surface area (Å²) < 4.78 is 1.91. The average molecular weight is 243 g/mol. The van der Waals surface area contributed by atoms with Gasteiger partial charge in [-0.05, 0) is 37.5 Å². The first-order chi connectivity index (χ1) is 8.59. The van der Waals surface area contributed by atoms with Crippen molar-refractivity contribution in [2.45, 2.75) is 33.9 Å². The molecule has 0 aliphatic rings. The molecule has 2 aromatic rings. The predicted molar refractivity (Wildman–Crippen MR) is 74.4 cm³/mol. The Hall–Kier alpha value is -1.61. The molecule has 0 saturated heterocycles. The SMILES string of the molecule is Cc1cccc(C)c1CNCc1cnn(C)c1C. The highest BCUT2D eigenvalue weighted by atomic mass is 15.3. The molecule has 0 bridgehead atoms. The monoisotopic (exact) mass is 243 g/mol. The van der Waals surface area contributed by atoms with Crippen LogP contribution in [0.25, 0.3) is 0 Å². The van der Waals surface area contributed by atoms with Crippen molar-refractivity contribution in [1.29, 1.82) is 0 Å². The van der Waals surface area contributed by atoms with Crippen molar-refractivity contribution in [3.63, 3.8) is 0 Å². The number of nitrogens with zero attached hydrogens (tertiary/aromatic N) is 2. The molecule has 0 spiro atoms. The van der Waals surface area contributed by atoms with Crippen LogP contribution in [0.4, 0.5) is 0 Å². The Morgan fingerprint density at radius 1 is 1.11 bits per heavy atom. The second-order valence-electron chi connectivity index (χ2n) is 4.85. The predicted octanol–water partition coefficient (Wildman–Crippen LogP) is 2.64. The summed E-state index contributed by atoms with van der Waals surface area (Å²) in [5.41, 5.74) is 6.60. The second-order valence-corrected chi connectivity index (χ2v) is 4.85. The lowest BCUT2D eigenvalue weighted by atomic mass is 10.0. The van der Waals surface area contributed by atoms with E-state index in [2.05, 4.69) is 49.4 Å². The fourth-order valence-electron chi connectivity index (χ4n) is 2.17. The summed E-state index contributed by atoms with van der Waals surface area (Å²) in [4.78, 5) is 0. The Morgan fingerprint density at radius 3 is 2.33 bits per heavy atom. The number of nitrogens with one attached hydrogen (secondary N) is 1. The minimum Gasteiger partial charge on any atom is -0.308 e. The topological polar surface area (TPSA) is 29.9 Å². The molecule has 1 N–H and O–H groups in total. The van der Waals surface area contributed by atoms with E-state index in [-0.39, 0.29) is 0 Å². The number of hydrogen-bond acceptors (Lipinski definition) is 2. The molecule has 18 heavy (non-hydrogen) atoms. The van der Waals surface area contributed by atoms with Gasteiger partial charge in [-0.15, -0.1) is 0 Å². The fraction of sp³-hybridized carbons (Fsp3) is 0.400. The van der Waals surface area contributed by atoms with Crippen molar-refractivity contribution in [2.75, 3.05) is 0 Å². The number of rotatable bonds is 4. The van der Waals surface area contributed by atoms with Gasteiger partial charge >= 0.3 is 0 Å². The maximum absolute atomic E-state index is 4.25. The van der Waals surface area contributed by atoms with Gasteiger partial charge < -0.3 is 5.32 Å². The quantitative estimate of drug-likeness (QED) is 0.894. The van der Waals surface area contributed by atoms with Crippen LogP contribution in [-0.4, -0.2) is 9.78 Å². The van der Waals surface area contributed by atoms with E-state index < -0.39 is 0 Å². The van der Waals surface area contributed by atoms with Crippen molar-refractivity contribution in [3.8, 4) is 0 Å². The number of aryl methyl sites for hydroxylation is 3. The lowest BCUT2D eigenvalue weighted by Gasteiger charge is -2.10. The summed E-state index contributed by atoms with van der Waals surface area (Å²) in [5, 5.41) is 7.75. The molecule has 1 heterocycles. The van der Waals surface area contributed by atoms with Crippen molar-refractivity contribution in [1.82, 2.24) is 15.1 Å². The standard InChI is InChI=1S/C15H21N3/c1-11-6-5-7-12(2)15(11)10-16-8-14-9-17-18(4)13(14)3/h5-7,9,16H,8,10H2,1-4H3. The van der Waals surface area contributed by atoms with Crippen LogP contribution in [0.2, 0.25) is 0 Å². The van der Waals surface area contributed by atoms with Gasteiger partial charge in [-0.3, -0.25) is 4.68 Å². The molecule has 0 fully saturated rings. The van der Waals surface area contributed by atoms with E-state index in [0.29, 0.717) is 0 Å². The van der Waals surface area contributed by atoms with Crippen LogP contribution < -0.4 is 5.32 Å². The first kappa shape index (κ1) is 12.8. The van der Waals surface area contributed by atoms with Crippen LogP contribution in [0.3, 0.4) is 0 Å². The largest absolute Gasteiger partial charge is 0.308 e. The van der Waals surface area contributed by atoms with Crippen LogP contribution in [0.1, 0.15) is 27.9 Å². The van der Waals surface area contributed by atoms with Gasteiger partial charge in [-0.25, -0.2) is 0 Å². The maximum Gasteiger partial charge on any atom is 0.0537 e. The van der Waals surface area contributed by atoms with Gasteiger partial charge in [0.2, 0.25) is 0 Å². The smallest absolute Gasteiger partial charge is 0.0537 e. The van der Waals surface area contributed by atoms with Gasteiger partial charge in [0.1, 0.15) is 0 Å². The molecule has 2 rings (SSSR count). The Morgan fingerprint density at radius 2 is 1.78 bits per heavy atom. The first-order valence-electron chi connectivity index (χ1n) is 6.33. The fourth-order valence-corrected chi connectivity index (χ4v) is 2.17. The summed E-state index contributed by atoms with van der Waals surface area (Å²) in [6, 6.07) is 6.44. The van der Waals surface area contributed by atoms with E-state index in [4.69, 9.17) is 0 Å². The molecule has 0 radical (unpaired) electrons. The van der Waals surface area contributed by atoms with Gasteiger partial charge in [-0.1, -0.05) is 18.2 Å². The zero-order valence-electron chi connectivity index (χ0n) is 11.6. The van der Waals surface area contributed by atoms with Gasteiger partial charge in [0, 0.05) is 31.4 Å². The Bertz CT molecular complexity index is 520. The lowest BCUT2D eigenvalue weighted by molar-refractivity contribution is 0.680. The number of hydrogen-bond donors (Lipinski definition) is 1. The molecule has 0 amide bonds. The van der Waals surface area contributed by atoms with Gasteiger partial charge in [0.05, 0.1) is 6.20 Å². The van der Waals surface area contributed by atoms with Crippen LogP contribution in [0.5, 0.6) is 0 Å². The third-order valence-corrected chi connectivity index (χ3v) is 3.60. The minimum absolute atomic E-state index is 0.868. The second kappa shape index (κ2) is 5.36. The van der Waals surface area contributed by atoms with E-state index >= 15 is 0 Å². The third-order valence-electron chi connectivity index (χ3n) is 3.60. The first-order valence-corrected chi connectivity index (χ1v) is 6.33. The number of benzene rings is 1. The Labute approximate surface area is 109 Å². The van der Waals surface area contributed by atoms with Crippen molar-refractivity contribution in [2.24, 2.45) is 7.05 Å². The van der Waals surface area contributed by atoms with Crippen LogP contribution in [-0.2, 0) is 20.1 Å². The van der Waals surface area contributed by atoms with E-state index in [0.717, 1.165) is 13.1 Å². The van der Waals surface area contributed by atoms with E-state index in [1.54, 1.807) is 0 Å². The van der Waals surface area contributed by atoms with Crippen LogP contribution in [0.15, 0.2) is 24.4 Å². The molecule has 96 valence electrons. The van der Waals surface area contributed by atoms with E-state index in [1.165, 1.54) is 27.9 Å². The summed E-state index contributed by atoms with van der Waals surface area (Å²) >= 11 is 0. The summed E-state index contributed by atoms with van der Waals surface area (Å²) in [7, 11) is 1.98. The molecule has 3 nitrogen and oxygen atoms in total. The molecule has 1 aromatic heterocycles. The summed E-state index contributed by atoms with van der Waals surface area (Å²) in [6.07, 6.45) is 1.94. The molecule has 0 unspecified atom stereocenters. The Kier molecular flexibility index (Phi) is 3.82. The zero-order valence-corrected chi connectivity index (χ0v) is 11.6. The maximum atomic E-state index is 4.25. The highest BCUT2D eigenvalue weighted by Gasteiger charge is 2.05. The van der Waals surface area contributed by atoms with Crippen molar-refractivity contribution < 1.29 is 0 Å². The van der Waals surface area contributed by atoms with Crippen LogP contribution in [0, 0.1) is 20.8 Å². The molecule has 0 atom stereocenters. The zero-order chi connectivity index (χ0) is 13.1. The van der Waals surface area contributed by atoms with Gasteiger partial charge in [0.15, 0.2) is 0 Å². The minimum atomic E-state index is 0.868. The molecular formula is C15H21N3. The molecule has 3 heteroatoms. The molecular weight excluding hydrogens is 222 g/mol. The summed E-state index contributed by atoms with van der Waals surface area (Å²) in [5.74, 6) is 0. The molecule has 1 aromatic carbocycles.